The van der Waals surface area contributed by atoms with Gasteiger partial charge in [0.15, 0.2) is 22.3 Å². The molecule has 0 aliphatic heterocycles. The smallest absolute Gasteiger partial charge is 0.223 e. The Morgan fingerprint density at radius 2 is 0.554 bits per heavy atom. The number of hydrogen-bond donors (Lipinski definition) is 0. The lowest BCUT2D eigenvalue weighted by Gasteiger charge is -2.08. The number of para-hydroxylation sites is 3. The predicted molar refractivity (Wildman–Crippen MR) is 496 cm³/mol. The van der Waals surface area contributed by atoms with Gasteiger partial charge in [0.05, 0.1) is 21.8 Å². The number of hydrogen-bond acceptors (Lipinski definition) is 12. The Labute approximate surface area is 706 Å². The SMILES string of the molecule is Clc1nc(-c2ccc3c(c2)c2ccccc2n3-c2ccccc2)c2oc3ccccc3c2n1.Clc1nc(-c2ccc3ccccc3c2)c2oc3c4ccccc4c4ccccc4c3c2n1.Clc1nc(-c2ccc3ccccc3c2)c2oc3c4ccccc4ccc3c2n1.Clc1nc(-c2ccccc2)c2oc3c4ccccc4c4ccccc4c3c2n1. The maximum absolute atomic E-state index is 6.54. The minimum Gasteiger partial charge on any atom is -0.452 e. The molecule has 0 unspecified atom stereocenters. The molecule has 9 aromatic heterocycles. The van der Waals surface area contributed by atoms with Crippen LogP contribution < -0.4 is 0 Å². The molecule has 0 aliphatic rings. The highest BCUT2D eigenvalue weighted by Crippen LogP contribution is 2.47. The third-order valence-electron chi connectivity index (χ3n) is 22.8. The van der Waals surface area contributed by atoms with Crippen molar-refractivity contribution in [2.45, 2.75) is 0 Å². The molecule has 13 nitrogen and oxygen atoms in total. The molecule has 26 rings (SSSR count). The second kappa shape index (κ2) is 29.0. The van der Waals surface area contributed by atoms with Crippen LogP contribution in [0.25, 0.3) is 236 Å². The number of aromatic nitrogens is 9. The number of fused-ring (bicyclic) bond motifs is 29. The average Bonchev–Trinajstić information content (AvgIpc) is 1.57. The van der Waals surface area contributed by atoms with Gasteiger partial charge in [0.25, 0.3) is 0 Å². The summed E-state index contributed by atoms with van der Waals surface area (Å²) in [6.07, 6.45) is 0. The first-order valence-corrected chi connectivity index (χ1v) is 40.8. The topological polar surface area (TPSA) is 161 Å². The first-order chi connectivity index (χ1) is 59.6. The van der Waals surface area contributed by atoms with E-state index in [9.17, 15) is 0 Å². The third kappa shape index (κ3) is 12.1. The van der Waals surface area contributed by atoms with Crippen molar-refractivity contribution in [3.05, 3.63) is 367 Å². The summed E-state index contributed by atoms with van der Waals surface area (Å²) in [6.45, 7) is 0. The van der Waals surface area contributed by atoms with Gasteiger partial charge in [-0.2, -0.15) is 0 Å². The second-order valence-electron chi connectivity index (χ2n) is 29.6. The molecule has 0 spiro atoms. The van der Waals surface area contributed by atoms with Crippen molar-refractivity contribution in [2.24, 2.45) is 0 Å². The van der Waals surface area contributed by atoms with E-state index >= 15 is 0 Å². The summed E-state index contributed by atoms with van der Waals surface area (Å²) >= 11 is 25.5. The van der Waals surface area contributed by atoms with E-state index in [2.05, 4.69) is 257 Å². The number of nitrogens with zero attached hydrogens (tertiary/aromatic N) is 9. The summed E-state index contributed by atoms with van der Waals surface area (Å²) in [7, 11) is 0. The average molecular weight is 1640 g/mol. The monoisotopic (exact) mass is 1640 g/mol. The van der Waals surface area contributed by atoms with Crippen LogP contribution in [0.15, 0.2) is 363 Å². The first kappa shape index (κ1) is 71.4. The van der Waals surface area contributed by atoms with E-state index in [1.807, 2.05) is 133 Å². The standard InChI is InChI=1S/C28H16ClN3O.C28H15ClN2O.2C24H13ClN2O/c29-28-30-25(27-26(31-28)20-11-5-7-13-24(20)33-27)17-14-15-23-21(16-17)19-10-4-6-12-22(19)32(23)18-8-2-1-3-9-18;29-28-30-24(18-14-13-16-7-1-2-8-17(16)15-18)27-25(31-28)23-21-11-5-3-9-19(21)20-10-4-6-12-22(20)26(23)32-27;25-24-26-20(17-10-9-14-5-1-2-7-16(14)13-17)23-21(27-24)19-12-11-15-6-3-4-8-18(15)22(19)28-23;25-24-26-20(14-8-2-1-3-9-14)23-21(27-24)19-17-12-6-4-10-15(17)16-11-5-7-13-18(16)22(19)28-23/h1-16H;1-15H;2*1-13H. The lowest BCUT2D eigenvalue weighted by Crippen LogP contribution is -1.93. The van der Waals surface area contributed by atoms with Gasteiger partial charge in [-0.05, 0) is 166 Å². The molecule has 0 bridgehead atoms. The van der Waals surface area contributed by atoms with Gasteiger partial charge in [0.2, 0.25) is 21.1 Å². The van der Waals surface area contributed by atoms with Crippen LogP contribution in [0.3, 0.4) is 0 Å². The van der Waals surface area contributed by atoms with Crippen molar-refractivity contribution in [1.29, 1.82) is 0 Å². The molecule has 17 heteroatoms. The highest BCUT2D eigenvalue weighted by molar-refractivity contribution is 6.35. The molecule has 0 atom stereocenters. The van der Waals surface area contributed by atoms with Crippen molar-refractivity contribution in [1.82, 2.24) is 44.4 Å². The van der Waals surface area contributed by atoms with E-state index < -0.39 is 0 Å². The lowest BCUT2D eigenvalue weighted by molar-refractivity contribution is 0.667. The summed E-state index contributed by atoms with van der Waals surface area (Å²) in [5.74, 6) is 0. The van der Waals surface area contributed by atoms with Crippen molar-refractivity contribution in [2.75, 3.05) is 0 Å². The Bertz CT molecular complexity index is 8770. The molecular formula is C104H57Cl4N9O4. The predicted octanol–water partition coefficient (Wildman–Crippen LogP) is 30.0. The zero-order valence-electron chi connectivity index (χ0n) is 63.6. The molecule has 0 aliphatic carbocycles. The Hall–Kier alpha value is -15.0. The number of furan rings is 4. The van der Waals surface area contributed by atoms with Crippen molar-refractivity contribution >= 4 is 232 Å². The Morgan fingerprint density at radius 1 is 0.198 bits per heavy atom. The van der Waals surface area contributed by atoms with Crippen LogP contribution in [0.5, 0.6) is 0 Å². The van der Waals surface area contributed by atoms with Gasteiger partial charge in [-0.1, -0.05) is 285 Å². The van der Waals surface area contributed by atoms with Crippen LogP contribution in [0.1, 0.15) is 0 Å². The molecule has 121 heavy (non-hydrogen) atoms. The van der Waals surface area contributed by atoms with Gasteiger partial charge in [-0.3, -0.25) is 0 Å². The summed E-state index contributed by atoms with van der Waals surface area (Å²) in [5, 5.41) is 22.8. The summed E-state index contributed by atoms with van der Waals surface area (Å²) in [5.41, 5.74) is 18.8. The Morgan fingerprint density at radius 3 is 1.10 bits per heavy atom. The molecule has 0 radical (unpaired) electrons. The maximum Gasteiger partial charge on any atom is 0.223 e. The van der Waals surface area contributed by atoms with Gasteiger partial charge in [-0.25, -0.2) is 39.9 Å². The molecule has 17 aromatic carbocycles. The number of rotatable bonds is 5. The zero-order valence-corrected chi connectivity index (χ0v) is 66.6. The van der Waals surface area contributed by atoms with Crippen LogP contribution >= 0.6 is 46.4 Å². The quantitative estimate of drug-likeness (QED) is 0.119. The fourth-order valence-electron chi connectivity index (χ4n) is 17.4. The van der Waals surface area contributed by atoms with Crippen molar-refractivity contribution < 1.29 is 17.7 Å². The molecule has 26 aromatic rings. The largest absolute Gasteiger partial charge is 0.452 e. The molecule has 9 heterocycles. The summed E-state index contributed by atoms with van der Waals surface area (Å²) in [6, 6.07) is 118. The van der Waals surface area contributed by atoms with Gasteiger partial charge in [-0.15, -0.1) is 0 Å². The van der Waals surface area contributed by atoms with Crippen LogP contribution in [-0.4, -0.2) is 44.4 Å². The minimum absolute atomic E-state index is 0.205. The van der Waals surface area contributed by atoms with Crippen molar-refractivity contribution in [3.63, 3.8) is 0 Å². The molecular weight excluding hydrogens is 1580 g/mol. The van der Waals surface area contributed by atoms with E-state index in [4.69, 9.17) is 64.1 Å². The van der Waals surface area contributed by atoms with Gasteiger partial charge >= 0.3 is 0 Å². The zero-order chi connectivity index (χ0) is 80.5. The van der Waals surface area contributed by atoms with Crippen LogP contribution in [0, 0.1) is 0 Å². The van der Waals surface area contributed by atoms with E-state index in [0.29, 0.717) is 45.1 Å². The molecule has 0 fully saturated rings. The third-order valence-corrected chi connectivity index (χ3v) is 23.4. The van der Waals surface area contributed by atoms with Crippen LogP contribution in [-0.2, 0) is 0 Å². The van der Waals surface area contributed by atoms with Crippen molar-refractivity contribution in [3.8, 4) is 50.7 Å². The fraction of sp³-hybridized carbons (Fsp3) is 0. The molecule has 0 saturated carbocycles. The van der Waals surface area contributed by atoms with E-state index in [1.54, 1.807) is 0 Å². The van der Waals surface area contributed by atoms with Crippen LogP contribution in [0.4, 0.5) is 0 Å². The molecule has 0 N–H and O–H groups in total. The van der Waals surface area contributed by atoms with Gasteiger partial charge < -0.3 is 22.2 Å². The fourth-order valence-corrected chi connectivity index (χ4v) is 18.1. The highest BCUT2D eigenvalue weighted by atomic mass is 35.5. The number of benzene rings is 17. The second-order valence-corrected chi connectivity index (χ2v) is 31.0. The Balaban J connectivity index is 0.0000000941. The minimum atomic E-state index is 0.205. The van der Waals surface area contributed by atoms with E-state index in [1.165, 1.54) is 26.9 Å². The molecule has 0 amide bonds. The Kier molecular flexibility index (Phi) is 17.1. The van der Waals surface area contributed by atoms with E-state index in [0.717, 1.165) is 164 Å². The first-order valence-electron chi connectivity index (χ1n) is 39.3. The summed E-state index contributed by atoms with van der Waals surface area (Å²) < 4.78 is 27.8. The van der Waals surface area contributed by atoms with Gasteiger partial charge in [0.1, 0.15) is 67.2 Å². The summed E-state index contributed by atoms with van der Waals surface area (Å²) in [4.78, 5) is 36.3. The maximum atomic E-state index is 6.54. The highest BCUT2D eigenvalue weighted by Gasteiger charge is 2.26. The van der Waals surface area contributed by atoms with Gasteiger partial charge in [0, 0.05) is 65.6 Å². The molecule has 0 saturated heterocycles. The lowest BCUT2D eigenvalue weighted by atomic mass is 9.98. The normalized spacial score (nSPS) is 11.8. The number of halogens is 4. The van der Waals surface area contributed by atoms with E-state index in [-0.39, 0.29) is 21.1 Å². The van der Waals surface area contributed by atoms with Crippen LogP contribution in [0.2, 0.25) is 21.1 Å². The molecule has 570 valence electrons.